The minimum absolute atomic E-state index is 0.0111. The molecule has 0 aliphatic carbocycles. The monoisotopic (exact) mass is 476 g/mol. The molecule has 0 bridgehead atoms. The minimum atomic E-state index is -0.334. The molecule has 1 saturated heterocycles. The van der Waals surface area contributed by atoms with Crippen molar-refractivity contribution in [2.45, 2.75) is 52.2 Å². The fourth-order valence-electron chi connectivity index (χ4n) is 4.65. The molecule has 0 spiro atoms. The number of carbonyl (C=O) groups is 1. The minimum Gasteiger partial charge on any atom is -0.497 e. The molecule has 0 radical (unpaired) electrons. The molecule has 0 unspecified atom stereocenters. The molecule has 9 heteroatoms. The molecule has 1 fully saturated rings. The largest absolute Gasteiger partial charge is 0.497 e. The number of aryl methyl sites for hydroxylation is 1. The van der Waals surface area contributed by atoms with Crippen LogP contribution in [0.4, 0.5) is 5.82 Å². The zero-order valence-corrected chi connectivity index (χ0v) is 20.5. The molecular formula is C26H32N6O3. The Labute approximate surface area is 204 Å². The maximum atomic E-state index is 13.7. The van der Waals surface area contributed by atoms with Crippen LogP contribution in [0.5, 0.6) is 5.75 Å². The van der Waals surface area contributed by atoms with Gasteiger partial charge in [-0.2, -0.15) is 5.26 Å². The Kier molecular flexibility index (Phi) is 7.22. The van der Waals surface area contributed by atoms with Gasteiger partial charge in [-0.25, -0.2) is 4.98 Å². The molecule has 1 aromatic carbocycles. The second kappa shape index (κ2) is 10.3. The normalized spacial score (nSPS) is 16.0. The van der Waals surface area contributed by atoms with E-state index in [1.54, 1.807) is 24.3 Å². The molecule has 1 aliphatic heterocycles. The number of hydrogen-bond acceptors (Lipinski definition) is 7. The number of nitrogens with zero attached hydrogens (tertiary/aromatic N) is 5. The summed E-state index contributed by atoms with van der Waals surface area (Å²) in [6.07, 6.45) is 4.05. The molecule has 184 valence electrons. The van der Waals surface area contributed by atoms with Crippen molar-refractivity contribution in [1.82, 2.24) is 14.1 Å². The van der Waals surface area contributed by atoms with Crippen LogP contribution in [0.15, 0.2) is 35.4 Å². The molecule has 1 atom stereocenters. The van der Waals surface area contributed by atoms with Crippen LogP contribution in [-0.2, 0) is 13.1 Å². The van der Waals surface area contributed by atoms with E-state index in [-0.39, 0.29) is 23.9 Å². The third kappa shape index (κ3) is 4.93. The highest BCUT2D eigenvalue weighted by Crippen LogP contribution is 2.32. The summed E-state index contributed by atoms with van der Waals surface area (Å²) in [6.45, 7) is 6.04. The highest BCUT2D eigenvalue weighted by molar-refractivity contribution is 5.96. The van der Waals surface area contributed by atoms with Crippen molar-refractivity contribution < 1.29 is 9.53 Å². The van der Waals surface area contributed by atoms with Gasteiger partial charge in [-0.15, -0.1) is 0 Å². The van der Waals surface area contributed by atoms with E-state index in [0.29, 0.717) is 52.7 Å². The summed E-state index contributed by atoms with van der Waals surface area (Å²) >= 11 is 0. The van der Waals surface area contributed by atoms with Gasteiger partial charge in [0.25, 0.3) is 5.56 Å². The van der Waals surface area contributed by atoms with Gasteiger partial charge in [-0.1, -0.05) is 26.0 Å². The van der Waals surface area contributed by atoms with Gasteiger partial charge in [0, 0.05) is 31.2 Å². The Morgan fingerprint density at radius 3 is 2.86 bits per heavy atom. The van der Waals surface area contributed by atoms with E-state index in [2.05, 4.69) is 29.8 Å². The van der Waals surface area contributed by atoms with E-state index in [9.17, 15) is 14.9 Å². The lowest BCUT2D eigenvalue weighted by molar-refractivity contribution is 0.0970. The summed E-state index contributed by atoms with van der Waals surface area (Å²) in [5.41, 5.74) is 7.48. The van der Waals surface area contributed by atoms with Crippen LogP contribution < -0.4 is 20.9 Å². The van der Waals surface area contributed by atoms with Crippen LogP contribution in [0, 0.1) is 17.2 Å². The first kappa shape index (κ1) is 24.5. The van der Waals surface area contributed by atoms with Crippen LogP contribution in [0.3, 0.4) is 0 Å². The van der Waals surface area contributed by atoms with Gasteiger partial charge in [0.15, 0.2) is 5.78 Å². The van der Waals surface area contributed by atoms with E-state index in [1.807, 2.05) is 4.57 Å². The van der Waals surface area contributed by atoms with Crippen molar-refractivity contribution in [3.63, 3.8) is 0 Å². The van der Waals surface area contributed by atoms with Crippen LogP contribution in [-0.4, -0.2) is 46.1 Å². The Balaban J connectivity index is 1.82. The Bertz CT molecular complexity index is 1330. The molecule has 3 heterocycles. The lowest BCUT2D eigenvalue weighted by atomic mass is 10.1. The van der Waals surface area contributed by atoms with Crippen molar-refractivity contribution >= 4 is 22.6 Å². The molecule has 4 rings (SSSR count). The van der Waals surface area contributed by atoms with E-state index in [1.165, 1.54) is 18.0 Å². The van der Waals surface area contributed by atoms with Crippen molar-refractivity contribution in [2.24, 2.45) is 11.7 Å². The van der Waals surface area contributed by atoms with Crippen molar-refractivity contribution in [1.29, 1.82) is 5.26 Å². The number of methoxy groups -OCH3 is 1. The molecule has 3 aromatic rings. The number of nitriles is 1. The van der Waals surface area contributed by atoms with Gasteiger partial charge in [0.1, 0.15) is 34.2 Å². The number of aromatic nitrogens is 3. The third-order valence-electron chi connectivity index (χ3n) is 6.50. The molecule has 9 nitrogen and oxygen atoms in total. The molecule has 2 N–H and O–H groups in total. The maximum Gasteiger partial charge on any atom is 0.278 e. The smallest absolute Gasteiger partial charge is 0.278 e. The first-order valence-electron chi connectivity index (χ1n) is 12.0. The first-order chi connectivity index (χ1) is 16.8. The Hall–Kier alpha value is -3.64. The third-order valence-corrected chi connectivity index (χ3v) is 6.50. The van der Waals surface area contributed by atoms with Gasteiger partial charge in [-0.05, 0) is 37.3 Å². The summed E-state index contributed by atoms with van der Waals surface area (Å²) in [5, 5.41) is 10.1. The summed E-state index contributed by atoms with van der Waals surface area (Å²) in [7, 11) is 1.54. The fourth-order valence-corrected chi connectivity index (χ4v) is 4.65. The van der Waals surface area contributed by atoms with Crippen LogP contribution in [0.2, 0.25) is 0 Å². The molecule has 35 heavy (non-hydrogen) atoms. The number of ketones is 1. The highest BCUT2D eigenvalue weighted by atomic mass is 16.5. The number of ether oxygens (including phenoxy) is 1. The number of rotatable bonds is 8. The van der Waals surface area contributed by atoms with E-state index in [0.717, 1.165) is 25.8 Å². The number of anilines is 1. The number of fused-ring (bicyclic) bond motifs is 1. The molecule has 0 saturated carbocycles. The van der Waals surface area contributed by atoms with Crippen molar-refractivity contribution in [2.75, 3.05) is 25.1 Å². The van der Waals surface area contributed by atoms with E-state index in [4.69, 9.17) is 10.5 Å². The SMILES string of the molecule is COc1cccc(C(=O)Cn2cnc3c(C#N)c(N4CCC[C@@H](N)C4)n(CCC(C)C)c3c2=O)c1. The van der Waals surface area contributed by atoms with Gasteiger partial charge < -0.3 is 19.9 Å². The zero-order chi connectivity index (χ0) is 25.1. The van der Waals surface area contributed by atoms with Crippen LogP contribution in [0.25, 0.3) is 11.0 Å². The number of carbonyl (C=O) groups excluding carboxylic acids is 1. The van der Waals surface area contributed by atoms with Gasteiger partial charge in [0.05, 0.1) is 20.0 Å². The first-order valence-corrected chi connectivity index (χ1v) is 12.0. The van der Waals surface area contributed by atoms with Gasteiger partial charge in [0.2, 0.25) is 0 Å². The summed E-state index contributed by atoms with van der Waals surface area (Å²) < 4.78 is 8.46. The molecular weight excluding hydrogens is 444 g/mol. The van der Waals surface area contributed by atoms with Crippen LogP contribution >= 0.6 is 0 Å². The second-order valence-electron chi connectivity index (χ2n) is 9.52. The molecule has 2 aromatic heterocycles. The quantitative estimate of drug-likeness (QED) is 0.497. The lowest BCUT2D eigenvalue weighted by Gasteiger charge is -2.33. The standard InChI is InChI=1S/C26H32N6O3/c1-17(2)9-11-32-24-23(21(13-27)25(32)30-10-5-7-19(28)14-30)29-16-31(26(24)34)15-22(33)18-6-4-8-20(12-18)35-3/h4,6,8,12,16-17,19H,5,7,9-11,14-15,28H2,1-3H3/t19-/m1/s1. The molecule has 1 aliphatic rings. The fraction of sp³-hybridized carbons (Fsp3) is 0.462. The lowest BCUT2D eigenvalue weighted by Crippen LogP contribution is -2.44. The van der Waals surface area contributed by atoms with Crippen LogP contribution in [0.1, 0.15) is 49.0 Å². The zero-order valence-electron chi connectivity index (χ0n) is 20.5. The predicted molar refractivity (Wildman–Crippen MR) is 135 cm³/mol. The summed E-state index contributed by atoms with van der Waals surface area (Å²) in [6, 6.07) is 9.14. The maximum absolute atomic E-state index is 13.7. The van der Waals surface area contributed by atoms with E-state index >= 15 is 0 Å². The predicted octanol–water partition coefficient (Wildman–Crippen LogP) is 2.93. The van der Waals surface area contributed by atoms with Crippen molar-refractivity contribution in [3.8, 4) is 11.8 Å². The van der Waals surface area contributed by atoms with Crippen molar-refractivity contribution in [3.05, 3.63) is 52.1 Å². The highest BCUT2D eigenvalue weighted by Gasteiger charge is 2.28. The Morgan fingerprint density at radius 2 is 2.17 bits per heavy atom. The molecule has 0 amide bonds. The average molecular weight is 477 g/mol. The number of nitrogens with two attached hydrogens (primary N) is 1. The summed E-state index contributed by atoms with van der Waals surface area (Å²) in [5.74, 6) is 1.46. The number of piperidine rings is 1. The second-order valence-corrected chi connectivity index (χ2v) is 9.52. The number of Topliss-reactive ketones (excluding diaryl/α,β-unsaturated/α-hetero) is 1. The van der Waals surface area contributed by atoms with E-state index < -0.39 is 0 Å². The average Bonchev–Trinajstić information content (AvgIpc) is 3.18. The number of hydrogen-bond donors (Lipinski definition) is 1. The number of benzene rings is 1. The summed E-state index contributed by atoms with van der Waals surface area (Å²) in [4.78, 5) is 33.3. The van der Waals surface area contributed by atoms with Gasteiger partial charge >= 0.3 is 0 Å². The topological polar surface area (TPSA) is 119 Å². The van der Waals surface area contributed by atoms with Gasteiger partial charge in [-0.3, -0.25) is 14.2 Å². The Morgan fingerprint density at radius 1 is 1.37 bits per heavy atom.